The first-order valence-corrected chi connectivity index (χ1v) is 7.63. The summed E-state index contributed by atoms with van der Waals surface area (Å²) in [7, 11) is 1.91. The van der Waals surface area contributed by atoms with E-state index in [1.54, 1.807) is 0 Å². The fourth-order valence-corrected chi connectivity index (χ4v) is 2.72. The molecule has 0 radical (unpaired) electrons. The molecule has 0 atom stereocenters. The van der Waals surface area contributed by atoms with Crippen molar-refractivity contribution in [3.63, 3.8) is 0 Å². The van der Waals surface area contributed by atoms with Gasteiger partial charge in [0.1, 0.15) is 0 Å². The summed E-state index contributed by atoms with van der Waals surface area (Å²) >= 11 is 3.51. The van der Waals surface area contributed by atoms with Crippen LogP contribution in [0.2, 0.25) is 0 Å². The lowest BCUT2D eigenvalue weighted by Crippen LogP contribution is -2.32. The monoisotopic (exact) mass is 324 g/mol. The van der Waals surface area contributed by atoms with Crippen molar-refractivity contribution in [1.82, 2.24) is 10.6 Å². The van der Waals surface area contributed by atoms with E-state index in [0.717, 1.165) is 24.0 Å². The summed E-state index contributed by atoms with van der Waals surface area (Å²) in [5, 5.41) is 6.13. The van der Waals surface area contributed by atoms with Crippen LogP contribution in [-0.2, 0) is 10.2 Å². The maximum absolute atomic E-state index is 11.7. The first-order valence-electron chi connectivity index (χ1n) is 6.84. The van der Waals surface area contributed by atoms with E-state index in [0.29, 0.717) is 6.42 Å². The van der Waals surface area contributed by atoms with Crippen molar-refractivity contribution < 1.29 is 4.79 Å². The summed E-state index contributed by atoms with van der Waals surface area (Å²) in [5.41, 5.74) is 1.51. The van der Waals surface area contributed by atoms with E-state index in [9.17, 15) is 4.79 Å². The average Bonchev–Trinajstić information content (AvgIpc) is 3.18. The van der Waals surface area contributed by atoms with E-state index in [1.807, 2.05) is 13.1 Å². The number of carbonyl (C=O) groups is 1. The van der Waals surface area contributed by atoms with Crippen molar-refractivity contribution in [2.45, 2.75) is 31.1 Å². The molecule has 1 aromatic carbocycles. The zero-order valence-electron chi connectivity index (χ0n) is 11.3. The largest absolute Gasteiger partial charge is 0.355 e. The topological polar surface area (TPSA) is 41.1 Å². The van der Waals surface area contributed by atoms with Gasteiger partial charge in [0.15, 0.2) is 0 Å². The normalized spacial score (nSPS) is 16.1. The predicted octanol–water partition coefficient (Wildman–Crippen LogP) is 2.60. The lowest BCUT2D eigenvalue weighted by molar-refractivity contribution is -0.121. The molecule has 2 rings (SSSR count). The van der Waals surface area contributed by atoms with Crippen LogP contribution < -0.4 is 10.6 Å². The van der Waals surface area contributed by atoms with Gasteiger partial charge in [-0.2, -0.15) is 0 Å². The Kier molecular flexibility index (Phi) is 4.99. The minimum Gasteiger partial charge on any atom is -0.355 e. The summed E-state index contributed by atoms with van der Waals surface area (Å²) in [6.07, 6.45) is 3.84. The number of nitrogens with one attached hydrogen (secondary N) is 2. The van der Waals surface area contributed by atoms with Crippen molar-refractivity contribution in [2.75, 3.05) is 20.1 Å². The summed E-state index contributed by atoms with van der Waals surface area (Å²) in [6, 6.07) is 8.43. The fraction of sp³-hybridized carbons (Fsp3) is 0.533. The standard InChI is InChI=1S/C15H21BrN2O/c1-17-9-3-6-14(19)18-11-15(7-8-15)12-4-2-5-13(16)10-12/h2,4-5,10,17H,3,6-9,11H2,1H3,(H,18,19). The van der Waals surface area contributed by atoms with Gasteiger partial charge < -0.3 is 10.6 Å². The molecule has 1 amide bonds. The van der Waals surface area contributed by atoms with Crippen molar-refractivity contribution in [3.8, 4) is 0 Å². The summed E-state index contributed by atoms with van der Waals surface area (Å²) in [6.45, 7) is 1.66. The van der Waals surface area contributed by atoms with E-state index in [1.165, 1.54) is 18.4 Å². The van der Waals surface area contributed by atoms with Crippen LogP contribution in [0.4, 0.5) is 0 Å². The first-order chi connectivity index (χ1) is 9.16. The molecular formula is C15H21BrN2O. The van der Waals surface area contributed by atoms with E-state index >= 15 is 0 Å². The Balaban J connectivity index is 1.84. The number of hydrogen-bond donors (Lipinski definition) is 2. The lowest BCUT2D eigenvalue weighted by Gasteiger charge is -2.17. The molecule has 0 bridgehead atoms. The van der Waals surface area contributed by atoms with Gasteiger partial charge in [-0.25, -0.2) is 0 Å². The number of benzene rings is 1. The zero-order valence-corrected chi connectivity index (χ0v) is 12.9. The molecule has 1 aromatic rings. The van der Waals surface area contributed by atoms with Crippen LogP contribution in [0.1, 0.15) is 31.2 Å². The van der Waals surface area contributed by atoms with Gasteiger partial charge >= 0.3 is 0 Å². The second kappa shape index (κ2) is 6.53. The van der Waals surface area contributed by atoms with Gasteiger partial charge in [0, 0.05) is 22.9 Å². The van der Waals surface area contributed by atoms with Gasteiger partial charge in [-0.15, -0.1) is 0 Å². The molecule has 3 nitrogen and oxygen atoms in total. The Labute approximate surface area is 123 Å². The minimum absolute atomic E-state index is 0.163. The third kappa shape index (κ3) is 4.05. The smallest absolute Gasteiger partial charge is 0.220 e. The van der Waals surface area contributed by atoms with Gasteiger partial charge in [-0.3, -0.25) is 4.79 Å². The fourth-order valence-electron chi connectivity index (χ4n) is 2.32. The predicted molar refractivity (Wildman–Crippen MR) is 81.2 cm³/mol. The summed E-state index contributed by atoms with van der Waals surface area (Å²) in [4.78, 5) is 11.7. The molecule has 1 saturated carbocycles. The number of carbonyl (C=O) groups excluding carboxylic acids is 1. The third-order valence-electron chi connectivity index (χ3n) is 3.75. The lowest BCUT2D eigenvalue weighted by atomic mass is 9.96. The molecule has 0 aromatic heterocycles. The van der Waals surface area contributed by atoms with Crippen LogP contribution in [0.5, 0.6) is 0 Å². The highest BCUT2D eigenvalue weighted by Gasteiger charge is 2.44. The highest BCUT2D eigenvalue weighted by atomic mass is 79.9. The number of rotatable bonds is 7. The first kappa shape index (κ1) is 14.5. The van der Waals surface area contributed by atoms with Gasteiger partial charge in [-0.1, -0.05) is 28.1 Å². The summed E-state index contributed by atoms with van der Waals surface area (Å²) in [5.74, 6) is 0.163. The molecular weight excluding hydrogens is 304 g/mol. The number of halogens is 1. The molecule has 19 heavy (non-hydrogen) atoms. The molecule has 1 aliphatic rings. The molecule has 0 unspecified atom stereocenters. The third-order valence-corrected chi connectivity index (χ3v) is 4.24. The Morgan fingerprint density at radius 1 is 1.42 bits per heavy atom. The molecule has 0 saturated heterocycles. The molecule has 1 fully saturated rings. The SMILES string of the molecule is CNCCCC(=O)NCC1(c2cccc(Br)c2)CC1. The van der Waals surface area contributed by atoms with Gasteiger partial charge in [0.05, 0.1) is 0 Å². The Morgan fingerprint density at radius 3 is 2.84 bits per heavy atom. The average molecular weight is 325 g/mol. The van der Waals surface area contributed by atoms with Crippen molar-refractivity contribution in [1.29, 1.82) is 0 Å². The Morgan fingerprint density at radius 2 is 2.21 bits per heavy atom. The summed E-state index contributed by atoms with van der Waals surface area (Å²) < 4.78 is 1.11. The van der Waals surface area contributed by atoms with Gasteiger partial charge in [-0.05, 0) is 50.6 Å². The van der Waals surface area contributed by atoms with Crippen molar-refractivity contribution >= 4 is 21.8 Å². The molecule has 4 heteroatoms. The number of amides is 1. The van der Waals surface area contributed by atoms with Crippen LogP contribution in [0.3, 0.4) is 0 Å². The molecule has 0 heterocycles. The second-order valence-electron chi connectivity index (χ2n) is 5.27. The maximum Gasteiger partial charge on any atom is 0.220 e. The van der Waals surface area contributed by atoms with Gasteiger partial charge in [0.2, 0.25) is 5.91 Å². The molecule has 0 spiro atoms. The van der Waals surface area contributed by atoms with E-state index < -0.39 is 0 Å². The minimum atomic E-state index is 0.163. The highest BCUT2D eigenvalue weighted by Crippen LogP contribution is 2.48. The quantitative estimate of drug-likeness (QED) is 0.757. The second-order valence-corrected chi connectivity index (χ2v) is 6.19. The molecule has 104 valence electrons. The highest BCUT2D eigenvalue weighted by molar-refractivity contribution is 9.10. The van der Waals surface area contributed by atoms with Crippen molar-refractivity contribution in [3.05, 3.63) is 34.3 Å². The van der Waals surface area contributed by atoms with Crippen LogP contribution in [-0.4, -0.2) is 26.0 Å². The van der Waals surface area contributed by atoms with E-state index in [2.05, 4.69) is 44.8 Å². The van der Waals surface area contributed by atoms with Gasteiger partial charge in [0.25, 0.3) is 0 Å². The maximum atomic E-state index is 11.7. The van der Waals surface area contributed by atoms with Crippen LogP contribution >= 0.6 is 15.9 Å². The Hall–Kier alpha value is -0.870. The van der Waals surface area contributed by atoms with E-state index in [-0.39, 0.29) is 11.3 Å². The van der Waals surface area contributed by atoms with E-state index in [4.69, 9.17) is 0 Å². The number of hydrogen-bond acceptors (Lipinski definition) is 2. The van der Waals surface area contributed by atoms with Crippen LogP contribution in [0, 0.1) is 0 Å². The molecule has 1 aliphatic carbocycles. The Bertz CT molecular complexity index is 444. The van der Waals surface area contributed by atoms with Crippen LogP contribution in [0.25, 0.3) is 0 Å². The molecule has 2 N–H and O–H groups in total. The van der Waals surface area contributed by atoms with Crippen LogP contribution in [0.15, 0.2) is 28.7 Å². The molecule has 0 aliphatic heterocycles. The van der Waals surface area contributed by atoms with Crippen molar-refractivity contribution in [2.24, 2.45) is 0 Å². The zero-order chi connectivity index (χ0) is 13.7.